The SMILES string of the molecule is C1=Cc2c(n(-c3ccccc3)c3cccc(-c4ccc(-n5c6ccccc6c6ccc(-c7cccc(-c8nc(-c9ccccc9)cc(-c9ccc(-c%10ccccc%10)cc9)n8)c7)cc65)cc4)c23)CC1. The number of allylic oxidation sites excluding steroid dienone is 1. The Balaban J connectivity index is 0.891. The normalized spacial score (nSPS) is 12.2. The van der Waals surface area contributed by atoms with Crippen LogP contribution in [0.3, 0.4) is 0 Å². The highest BCUT2D eigenvalue weighted by Gasteiger charge is 2.22. The number of rotatable bonds is 8. The summed E-state index contributed by atoms with van der Waals surface area (Å²) in [5.74, 6) is 0.689. The largest absolute Gasteiger partial charge is 0.313 e. The van der Waals surface area contributed by atoms with Crippen LogP contribution >= 0.6 is 0 Å². The van der Waals surface area contributed by atoms with Crippen LogP contribution in [0, 0.1) is 0 Å². The second kappa shape index (κ2) is 16.5. The van der Waals surface area contributed by atoms with E-state index in [0.717, 1.165) is 63.3 Å². The van der Waals surface area contributed by atoms with E-state index in [9.17, 15) is 0 Å². The molecule has 3 aromatic heterocycles. The number of aromatic nitrogens is 4. The molecule has 1 aliphatic rings. The van der Waals surface area contributed by atoms with E-state index < -0.39 is 0 Å². The minimum absolute atomic E-state index is 0.689. The van der Waals surface area contributed by atoms with E-state index >= 15 is 0 Å². The zero-order valence-corrected chi connectivity index (χ0v) is 37.3. The molecule has 1 aliphatic carbocycles. The summed E-state index contributed by atoms with van der Waals surface area (Å²) < 4.78 is 4.89. The highest BCUT2D eigenvalue weighted by molar-refractivity contribution is 6.10. The molecule has 12 aromatic rings. The molecule has 0 aliphatic heterocycles. The van der Waals surface area contributed by atoms with Crippen molar-refractivity contribution in [2.45, 2.75) is 12.8 Å². The lowest BCUT2D eigenvalue weighted by Gasteiger charge is -2.13. The Hall–Kier alpha value is -8.86. The van der Waals surface area contributed by atoms with Gasteiger partial charge in [-0.25, -0.2) is 9.97 Å². The molecule has 0 bridgehead atoms. The van der Waals surface area contributed by atoms with Gasteiger partial charge < -0.3 is 9.13 Å². The highest BCUT2D eigenvalue weighted by Crippen LogP contribution is 2.41. The molecule has 0 saturated carbocycles. The van der Waals surface area contributed by atoms with Crippen molar-refractivity contribution in [3.05, 3.63) is 248 Å². The van der Waals surface area contributed by atoms with Crippen molar-refractivity contribution in [2.75, 3.05) is 0 Å². The first-order valence-electron chi connectivity index (χ1n) is 23.5. The lowest BCUT2D eigenvalue weighted by atomic mass is 9.95. The van der Waals surface area contributed by atoms with Gasteiger partial charge in [-0.05, 0) is 101 Å². The first-order chi connectivity index (χ1) is 33.7. The lowest BCUT2D eigenvalue weighted by Crippen LogP contribution is -2.02. The number of benzene rings is 9. The second-order valence-corrected chi connectivity index (χ2v) is 17.7. The molecule has 0 unspecified atom stereocenters. The number of hydrogen-bond acceptors (Lipinski definition) is 2. The van der Waals surface area contributed by atoms with Gasteiger partial charge in [0, 0.05) is 55.5 Å². The maximum atomic E-state index is 5.23. The summed E-state index contributed by atoms with van der Waals surface area (Å²) in [7, 11) is 0. The molecule has 0 saturated heterocycles. The Labute approximate surface area is 395 Å². The van der Waals surface area contributed by atoms with E-state index in [2.05, 4.69) is 246 Å². The molecule has 0 N–H and O–H groups in total. The fraction of sp³-hybridized carbons (Fsp3) is 0.0312. The third-order valence-electron chi connectivity index (χ3n) is 13.6. The van der Waals surface area contributed by atoms with Crippen molar-refractivity contribution >= 4 is 38.8 Å². The predicted octanol–water partition coefficient (Wildman–Crippen LogP) is 16.5. The van der Waals surface area contributed by atoms with E-state index in [1.165, 1.54) is 66.4 Å². The number of para-hydroxylation sites is 2. The maximum absolute atomic E-state index is 5.23. The summed E-state index contributed by atoms with van der Waals surface area (Å²) in [5.41, 5.74) is 20.5. The Morgan fingerprint density at radius 2 is 0.897 bits per heavy atom. The number of hydrogen-bond donors (Lipinski definition) is 0. The fourth-order valence-corrected chi connectivity index (χ4v) is 10.4. The molecule has 3 heterocycles. The van der Waals surface area contributed by atoms with Crippen molar-refractivity contribution in [1.82, 2.24) is 19.1 Å². The van der Waals surface area contributed by atoms with Crippen LogP contribution in [0.1, 0.15) is 17.7 Å². The maximum Gasteiger partial charge on any atom is 0.160 e. The Morgan fingerprint density at radius 3 is 1.68 bits per heavy atom. The molecule has 9 aromatic carbocycles. The van der Waals surface area contributed by atoms with Crippen molar-refractivity contribution in [3.8, 4) is 78.7 Å². The summed E-state index contributed by atoms with van der Waals surface area (Å²) in [6.07, 6.45) is 6.73. The first-order valence-corrected chi connectivity index (χ1v) is 23.5. The van der Waals surface area contributed by atoms with E-state index in [1.54, 1.807) is 0 Å². The van der Waals surface area contributed by atoms with Crippen LogP contribution in [0.15, 0.2) is 237 Å². The van der Waals surface area contributed by atoms with Crippen molar-refractivity contribution in [2.24, 2.45) is 0 Å². The van der Waals surface area contributed by atoms with Gasteiger partial charge in [0.25, 0.3) is 0 Å². The third kappa shape index (κ3) is 6.85. The van der Waals surface area contributed by atoms with Crippen LogP contribution < -0.4 is 0 Å². The molecule has 0 amide bonds. The molecule has 0 radical (unpaired) electrons. The van der Waals surface area contributed by atoms with Gasteiger partial charge in [0.05, 0.1) is 27.9 Å². The summed E-state index contributed by atoms with van der Waals surface area (Å²) in [6, 6.07) is 82.7. The van der Waals surface area contributed by atoms with E-state index in [-0.39, 0.29) is 0 Å². The summed E-state index contributed by atoms with van der Waals surface area (Å²) in [6.45, 7) is 0. The molecule has 0 spiro atoms. The van der Waals surface area contributed by atoms with E-state index in [4.69, 9.17) is 9.97 Å². The summed E-state index contributed by atoms with van der Waals surface area (Å²) >= 11 is 0. The minimum Gasteiger partial charge on any atom is -0.313 e. The van der Waals surface area contributed by atoms with Crippen LogP contribution in [0.25, 0.3) is 117 Å². The van der Waals surface area contributed by atoms with Crippen LogP contribution in [-0.2, 0) is 6.42 Å². The molecule has 0 atom stereocenters. The zero-order valence-electron chi connectivity index (χ0n) is 37.3. The molecule has 4 nitrogen and oxygen atoms in total. The smallest absolute Gasteiger partial charge is 0.160 e. The van der Waals surface area contributed by atoms with Gasteiger partial charge in [0.15, 0.2) is 5.82 Å². The molecular weight excluding hydrogens is 825 g/mol. The predicted molar refractivity (Wildman–Crippen MR) is 283 cm³/mol. The quantitative estimate of drug-likeness (QED) is 0.153. The van der Waals surface area contributed by atoms with Crippen LogP contribution in [0.4, 0.5) is 0 Å². The Bertz CT molecular complexity index is 3860. The Kier molecular flexibility index (Phi) is 9.61. The van der Waals surface area contributed by atoms with Crippen molar-refractivity contribution in [3.63, 3.8) is 0 Å². The van der Waals surface area contributed by atoms with Crippen molar-refractivity contribution < 1.29 is 0 Å². The van der Waals surface area contributed by atoms with Crippen molar-refractivity contribution in [1.29, 1.82) is 0 Å². The average Bonchev–Trinajstić information content (AvgIpc) is 3.94. The van der Waals surface area contributed by atoms with E-state index in [0.29, 0.717) is 5.82 Å². The molecule has 13 rings (SSSR count). The monoisotopic (exact) mass is 868 g/mol. The third-order valence-corrected chi connectivity index (χ3v) is 13.6. The average molecular weight is 869 g/mol. The molecule has 320 valence electrons. The summed E-state index contributed by atoms with van der Waals surface area (Å²) in [5, 5.41) is 3.76. The Morgan fingerprint density at radius 1 is 0.353 bits per heavy atom. The van der Waals surface area contributed by atoms with Gasteiger partial charge in [-0.15, -0.1) is 0 Å². The molecular formula is C64H44N4. The lowest BCUT2D eigenvalue weighted by molar-refractivity contribution is 0.888. The zero-order chi connectivity index (χ0) is 45.0. The van der Waals surface area contributed by atoms with E-state index in [1.807, 2.05) is 6.07 Å². The minimum atomic E-state index is 0.689. The van der Waals surface area contributed by atoms with Gasteiger partial charge in [0.2, 0.25) is 0 Å². The summed E-state index contributed by atoms with van der Waals surface area (Å²) in [4.78, 5) is 10.4. The van der Waals surface area contributed by atoms with Gasteiger partial charge in [0.1, 0.15) is 0 Å². The standard InChI is InChI=1S/C64H44N4/c1-4-16-43(17-5-1)44-30-32-47(33-31-44)58-42-57(46-18-6-2-7-19-46)65-64(66-58)50-21-14-20-48(40-50)49-36-39-55-54-24-10-12-27-59(54)68(62(55)41-49)52-37-34-45(35-38-52)53-26-15-29-61-63(53)56-25-11-13-28-60(56)67(61)51-22-8-3-9-23-51/h1-12,14-27,29-42H,13,28H2. The fourth-order valence-electron chi connectivity index (χ4n) is 10.4. The van der Waals surface area contributed by atoms with Gasteiger partial charge >= 0.3 is 0 Å². The highest BCUT2D eigenvalue weighted by atomic mass is 15.0. The number of nitrogens with zero attached hydrogens (tertiary/aromatic N) is 4. The topological polar surface area (TPSA) is 35.6 Å². The molecule has 4 heteroatoms. The first kappa shape index (κ1) is 39.5. The van der Waals surface area contributed by atoms with Gasteiger partial charge in [-0.3, -0.25) is 0 Å². The molecule has 0 fully saturated rings. The van der Waals surface area contributed by atoms with Crippen LogP contribution in [-0.4, -0.2) is 19.1 Å². The second-order valence-electron chi connectivity index (χ2n) is 17.7. The number of fused-ring (bicyclic) bond motifs is 6. The van der Waals surface area contributed by atoms with Crippen LogP contribution in [0.5, 0.6) is 0 Å². The van der Waals surface area contributed by atoms with Gasteiger partial charge in [-0.1, -0.05) is 188 Å². The molecule has 68 heavy (non-hydrogen) atoms. The van der Waals surface area contributed by atoms with Gasteiger partial charge in [-0.2, -0.15) is 0 Å². The van der Waals surface area contributed by atoms with Crippen LogP contribution in [0.2, 0.25) is 0 Å².